The van der Waals surface area contributed by atoms with Gasteiger partial charge in [-0.3, -0.25) is 0 Å². The molecule has 1 heterocycles. The Bertz CT molecular complexity index is 191. The van der Waals surface area contributed by atoms with Crippen LogP contribution in [0.2, 0.25) is 0 Å². The van der Waals surface area contributed by atoms with Crippen molar-refractivity contribution in [3.63, 3.8) is 0 Å². The van der Waals surface area contributed by atoms with E-state index in [0.717, 1.165) is 24.4 Å². The fourth-order valence-electron chi connectivity index (χ4n) is 3.33. The minimum Gasteiger partial charge on any atom is -0.378 e. The summed E-state index contributed by atoms with van der Waals surface area (Å²) in [5, 5.41) is 3.41. The van der Waals surface area contributed by atoms with Crippen molar-refractivity contribution >= 4 is 0 Å². The molecule has 2 unspecified atom stereocenters. The Hall–Kier alpha value is -0.0800. The summed E-state index contributed by atoms with van der Waals surface area (Å²) in [4.78, 5) is 0. The normalized spacial score (nSPS) is 37.5. The van der Waals surface area contributed by atoms with Crippen molar-refractivity contribution in [3.05, 3.63) is 0 Å². The lowest BCUT2D eigenvalue weighted by atomic mass is 9.82. The largest absolute Gasteiger partial charge is 0.378 e. The Morgan fingerprint density at radius 3 is 2.25 bits per heavy atom. The summed E-state index contributed by atoms with van der Waals surface area (Å²) in [6, 6.07) is 0. The number of hydrogen-bond donors (Lipinski definition) is 1. The fourth-order valence-corrected chi connectivity index (χ4v) is 3.33. The Morgan fingerprint density at radius 2 is 1.62 bits per heavy atom. The molecule has 0 amide bonds. The summed E-state index contributed by atoms with van der Waals surface area (Å²) < 4.78 is 6.14. The molecule has 0 aromatic rings. The van der Waals surface area contributed by atoms with E-state index in [0.29, 0.717) is 6.10 Å². The molecule has 1 saturated heterocycles. The van der Waals surface area contributed by atoms with E-state index in [1.807, 2.05) is 0 Å². The van der Waals surface area contributed by atoms with Crippen molar-refractivity contribution in [2.45, 2.75) is 52.1 Å². The SMILES string of the molecule is CC1CC(C)CC(OCC2CCNCC2)C1. The lowest BCUT2D eigenvalue weighted by molar-refractivity contribution is -0.0197. The Kier molecular flexibility index (Phi) is 4.66. The molecule has 2 fully saturated rings. The summed E-state index contributed by atoms with van der Waals surface area (Å²) in [7, 11) is 0. The zero-order chi connectivity index (χ0) is 11.4. The van der Waals surface area contributed by atoms with Crippen LogP contribution in [0.4, 0.5) is 0 Å². The van der Waals surface area contributed by atoms with Gasteiger partial charge in [-0.25, -0.2) is 0 Å². The molecule has 2 nitrogen and oxygen atoms in total. The van der Waals surface area contributed by atoms with Crippen LogP contribution >= 0.6 is 0 Å². The van der Waals surface area contributed by atoms with Gasteiger partial charge in [0.1, 0.15) is 0 Å². The summed E-state index contributed by atoms with van der Waals surface area (Å²) in [5.41, 5.74) is 0. The second kappa shape index (κ2) is 6.02. The number of ether oxygens (including phenoxy) is 1. The maximum Gasteiger partial charge on any atom is 0.0580 e. The van der Waals surface area contributed by atoms with Crippen LogP contribution in [0.3, 0.4) is 0 Å². The van der Waals surface area contributed by atoms with Crippen LogP contribution in [0.5, 0.6) is 0 Å². The highest BCUT2D eigenvalue weighted by atomic mass is 16.5. The van der Waals surface area contributed by atoms with Crippen molar-refractivity contribution in [2.75, 3.05) is 19.7 Å². The second-order valence-corrected chi connectivity index (χ2v) is 6.07. The van der Waals surface area contributed by atoms with E-state index in [1.54, 1.807) is 0 Å². The van der Waals surface area contributed by atoms with E-state index in [2.05, 4.69) is 19.2 Å². The number of piperidine rings is 1. The molecule has 1 N–H and O–H groups in total. The van der Waals surface area contributed by atoms with E-state index < -0.39 is 0 Å². The highest BCUT2D eigenvalue weighted by Gasteiger charge is 2.25. The molecule has 2 atom stereocenters. The molecule has 0 radical (unpaired) electrons. The first-order valence-electron chi connectivity index (χ1n) is 7.06. The van der Waals surface area contributed by atoms with Gasteiger partial charge in [-0.2, -0.15) is 0 Å². The van der Waals surface area contributed by atoms with Gasteiger partial charge < -0.3 is 10.1 Å². The van der Waals surface area contributed by atoms with Gasteiger partial charge in [0.2, 0.25) is 0 Å². The van der Waals surface area contributed by atoms with Gasteiger partial charge in [0.15, 0.2) is 0 Å². The smallest absolute Gasteiger partial charge is 0.0580 e. The topological polar surface area (TPSA) is 21.3 Å². The molecule has 0 aromatic heterocycles. The standard InChI is InChI=1S/C14H27NO/c1-11-7-12(2)9-14(8-11)16-10-13-3-5-15-6-4-13/h11-15H,3-10H2,1-2H3. The van der Waals surface area contributed by atoms with Gasteiger partial charge in [0.25, 0.3) is 0 Å². The van der Waals surface area contributed by atoms with Gasteiger partial charge in [0, 0.05) is 6.61 Å². The highest BCUT2D eigenvalue weighted by molar-refractivity contribution is 4.76. The first-order valence-corrected chi connectivity index (χ1v) is 7.06. The third-order valence-corrected chi connectivity index (χ3v) is 4.16. The van der Waals surface area contributed by atoms with E-state index in [1.165, 1.54) is 45.2 Å². The van der Waals surface area contributed by atoms with E-state index in [9.17, 15) is 0 Å². The summed E-state index contributed by atoms with van der Waals surface area (Å²) >= 11 is 0. The molecule has 1 aliphatic heterocycles. The third-order valence-electron chi connectivity index (χ3n) is 4.16. The van der Waals surface area contributed by atoms with E-state index in [-0.39, 0.29) is 0 Å². The van der Waals surface area contributed by atoms with Crippen LogP contribution in [0.15, 0.2) is 0 Å². The molecule has 2 aliphatic rings. The first-order chi connectivity index (χ1) is 7.74. The molecule has 0 spiro atoms. The van der Waals surface area contributed by atoms with Gasteiger partial charge in [-0.05, 0) is 62.9 Å². The minimum atomic E-state index is 0.550. The Morgan fingerprint density at radius 1 is 1.00 bits per heavy atom. The minimum absolute atomic E-state index is 0.550. The van der Waals surface area contributed by atoms with Crippen molar-refractivity contribution in [1.82, 2.24) is 5.32 Å². The number of nitrogens with one attached hydrogen (secondary N) is 1. The van der Waals surface area contributed by atoms with Crippen LogP contribution in [0.25, 0.3) is 0 Å². The molecule has 2 heteroatoms. The van der Waals surface area contributed by atoms with Gasteiger partial charge >= 0.3 is 0 Å². The predicted molar refractivity (Wildman–Crippen MR) is 67.5 cm³/mol. The third kappa shape index (κ3) is 3.74. The van der Waals surface area contributed by atoms with Crippen molar-refractivity contribution in [2.24, 2.45) is 17.8 Å². The monoisotopic (exact) mass is 225 g/mol. The Balaban J connectivity index is 1.68. The van der Waals surface area contributed by atoms with Crippen LogP contribution < -0.4 is 5.32 Å². The maximum absolute atomic E-state index is 6.14. The molecular formula is C14H27NO. The van der Waals surface area contributed by atoms with Crippen LogP contribution in [0.1, 0.15) is 46.0 Å². The van der Waals surface area contributed by atoms with Crippen LogP contribution in [-0.2, 0) is 4.74 Å². The average molecular weight is 225 g/mol. The Labute approximate surface area is 100 Å². The molecule has 94 valence electrons. The number of rotatable bonds is 3. The molecule has 1 saturated carbocycles. The molecule has 0 aromatic carbocycles. The molecule has 16 heavy (non-hydrogen) atoms. The first kappa shape index (κ1) is 12.4. The highest BCUT2D eigenvalue weighted by Crippen LogP contribution is 2.30. The summed E-state index contributed by atoms with van der Waals surface area (Å²) in [6.45, 7) is 8.12. The molecule has 0 bridgehead atoms. The maximum atomic E-state index is 6.14. The van der Waals surface area contributed by atoms with Crippen LogP contribution in [0, 0.1) is 17.8 Å². The fraction of sp³-hybridized carbons (Fsp3) is 1.00. The summed E-state index contributed by atoms with van der Waals surface area (Å²) in [5.74, 6) is 2.54. The predicted octanol–water partition coefficient (Wildman–Crippen LogP) is 2.83. The van der Waals surface area contributed by atoms with Crippen molar-refractivity contribution < 1.29 is 4.74 Å². The summed E-state index contributed by atoms with van der Waals surface area (Å²) in [6.07, 6.45) is 7.13. The van der Waals surface area contributed by atoms with E-state index >= 15 is 0 Å². The van der Waals surface area contributed by atoms with Gasteiger partial charge in [-0.15, -0.1) is 0 Å². The van der Waals surface area contributed by atoms with Crippen molar-refractivity contribution in [3.8, 4) is 0 Å². The van der Waals surface area contributed by atoms with E-state index in [4.69, 9.17) is 4.74 Å². The van der Waals surface area contributed by atoms with Gasteiger partial charge in [-0.1, -0.05) is 13.8 Å². The lowest BCUT2D eigenvalue weighted by Gasteiger charge is -2.33. The molecule has 2 rings (SSSR count). The second-order valence-electron chi connectivity index (χ2n) is 6.07. The average Bonchev–Trinajstić information content (AvgIpc) is 2.27. The molecule has 1 aliphatic carbocycles. The van der Waals surface area contributed by atoms with Crippen LogP contribution in [-0.4, -0.2) is 25.8 Å². The lowest BCUT2D eigenvalue weighted by Crippen LogP contribution is -2.33. The zero-order valence-corrected chi connectivity index (χ0v) is 10.9. The quantitative estimate of drug-likeness (QED) is 0.797. The van der Waals surface area contributed by atoms with Crippen molar-refractivity contribution in [1.29, 1.82) is 0 Å². The number of hydrogen-bond acceptors (Lipinski definition) is 2. The zero-order valence-electron chi connectivity index (χ0n) is 10.9. The molecular weight excluding hydrogens is 198 g/mol. The van der Waals surface area contributed by atoms with Gasteiger partial charge in [0.05, 0.1) is 6.10 Å².